The first-order valence-electron chi connectivity index (χ1n) is 2.64. The molecule has 3 nitrogen and oxygen atoms in total. The van der Waals surface area contributed by atoms with Gasteiger partial charge in [0.05, 0.1) is 0 Å². The Labute approximate surface area is 53.9 Å². The fraction of sp³-hybridized carbons (Fsp3) is 1.00. The Bertz CT molecular complexity index is 101. The van der Waals surface area contributed by atoms with Crippen LogP contribution >= 0.6 is 8.03 Å². The molecule has 5 heteroatoms. The largest absolute Gasteiger partial charge is 0.505 e. The van der Waals surface area contributed by atoms with Crippen LogP contribution in [0.15, 0.2) is 0 Å². The van der Waals surface area contributed by atoms with E-state index in [-0.39, 0.29) is 19.1 Å². The van der Waals surface area contributed by atoms with Gasteiger partial charge in [-0.15, -0.1) is 0 Å². The SMILES string of the molecule is NC[C@H](F)CC[P+](=O)O. The fourth-order valence-corrected chi connectivity index (χ4v) is 0.869. The minimum atomic E-state index is -2.18. The molecule has 0 radical (unpaired) electrons. The van der Waals surface area contributed by atoms with Gasteiger partial charge < -0.3 is 5.73 Å². The van der Waals surface area contributed by atoms with Crippen LogP contribution in [0, 0.1) is 0 Å². The third-order valence-electron chi connectivity index (χ3n) is 0.889. The van der Waals surface area contributed by atoms with Gasteiger partial charge in [0.15, 0.2) is 6.16 Å². The van der Waals surface area contributed by atoms with E-state index in [1.165, 1.54) is 0 Å². The Morgan fingerprint density at radius 3 is 2.67 bits per heavy atom. The third kappa shape index (κ3) is 5.83. The molecule has 0 aromatic rings. The van der Waals surface area contributed by atoms with Crippen molar-refractivity contribution in [3.63, 3.8) is 0 Å². The minimum absolute atomic E-state index is 0.00764. The summed E-state index contributed by atoms with van der Waals surface area (Å²) in [6.07, 6.45) is -1.04. The Morgan fingerprint density at radius 1 is 1.78 bits per heavy atom. The summed E-state index contributed by atoms with van der Waals surface area (Å²) in [6, 6.07) is 0. The van der Waals surface area contributed by atoms with Gasteiger partial charge in [0.25, 0.3) is 0 Å². The average molecular weight is 154 g/mol. The number of hydrogen-bond donors (Lipinski definition) is 2. The maximum atomic E-state index is 12.1. The van der Waals surface area contributed by atoms with E-state index in [4.69, 9.17) is 10.6 Å². The van der Waals surface area contributed by atoms with Crippen LogP contribution in [0.1, 0.15) is 6.42 Å². The molecule has 0 heterocycles. The van der Waals surface area contributed by atoms with Gasteiger partial charge in [0, 0.05) is 13.0 Å². The van der Waals surface area contributed by atoms with E-state index in [2.05, 4.69) is 0 Å². The predicted octanol–water partition coefficient (Wildman–Crippen LogP) is 0.408. The van der Waals surface area contributed by atoms with Crippen molar-refractivity contribution in [2.45, 2.75) is 12.6 Å². The second kappa shape index (κ2) is 4.79. The summed E-state index contributed by atoms with van der Waals surface area (Å²) < 4.78 is 22.1. The predicted molar refractivity (Wildman–Crippen MR) is 33.3 cm³/mol. The highest BCUT2D eigenvalue weighted by Crippen LogP contribution is 2.15. The van der Waals surface area contributed by atoms with E-state index in [1.807, 2.05) is 0 Å². The lowest BCUT2D eigenvalue weighted by Gasteiger charge is -1.95. The molecule has 0 saturated carbocycles. The number of rotatable bonds is 4. The van der Waals surface area contributed by atoms with Gasteiger partial charge in [-0.1, -0.05) is 0 Å². The molecule has 1 unspecified atom stereocenters. The summed E-state index contributed by atoms with van der Waals surface area (Å²) >= 11 is 0. The van der Waals surface area contributed by atoms with E-state index >= 15 is 0 Å². The zero-order valence-electron chi connectivity index (χ0n) is 4.96. The molecule has 0 saturated heterocycles. The molecule has 0 aliphatic carbocycles. The third-order valence-corrected chi connectivity index (χ3v) is 1.53. The number of nitrogens with two attached hydrogens (primary N) is 1. The van der Waals surface area contributed by atoms with E-state index < -0.39 is 14.2 Å². The van der Waals surface area contributed by atoms with Gasteiger partial charge in [-0.25, -0.2) is 4.39 Å². The zero-order chi connectivity index (χ0) is 7.28. The second-order valence-corrected chi connectivity index (χ2v) is 2.85. The lowest BCUT2D eigenvalue weighted by atomic mass is 10.3. The quantitative estimate of drug-likeness (QED) is 0.576. The molecule has 0 amide bonds. The van der Waals surface area contributed by atoms with Crippen LogP contribution in [-0.4, -0.2) is 23.8 Å². The van der Waals surface area contributed by atoms with Crippen LogP contribution in [0.5, 0.6) is 0 Å². The fourth-order valence-electron chi connectivity index (χ4n) is 0.368. The number of halogens is 1. The summed E-state index contributed by atoms with van der Waals surface area (Å²) in [4.78, 5) is 8.20. The van der Waals surface area contributed by atoms with Crippen molar-refractivity contribution in [2.24, 2.45) is 5.73 Å². The van der Waals surface area contributed by atoms with Crippen LogP contribution in [-0.2, 0) is 4.57 Å². The molecule has 9 heavy (non-hydrogen) atoms. The standard InChI is InChI=1S/C4H9FNO2P/c5-4(3-6)1-2-9(7)8/h4H,1-3,6H2/p+1/t4-/m1/s1. The lowest BCUT2D eigenvalue weighted by molar-refractivity contribution is 0.331. The highest BCUT2D eigenvalue weighted by Gasteiger charge is 2.13. The van der Waals surface area contributed by atoms with Crippen LogP contribution in [0.25, 0.3) is 0 Å². The van der Waals surface area contributed by atoms with Crippen molar-refractivity contribution >= 4 is 8.03 Å². The molecule has 0 aliphatic heterocycles. The molecule has 0 rings (SSSR count). The van der Waals surface area contributed by atoms with Gasteiger partial charge in [0.2, 0.25) is 0 Å². The Kier molecular flexibility index (Phi) is 4.77. The lowest BCUT2D eigenvalue weighted by Crippen LogP contribution is -2.15. The molecule has 2 atom stereocenters. The first-order chi connectivity index (χ1) is 4.16. The van der Waals surface area contributed by atoms with Crippen molar-refractivity contribution in [1.82, 2.24) is 0 Å². The summed E-state index contributed by atoms with van der Waals surface area (Å²) in [5.74, 6) is 0. The van der Waals surface area contributed by atoms with E-state index in [1.54, 1.807) is 0 Å². The molecule has 54 valence electrons. The first-order valence-corrected chi connectivity index (χ1v) is 4.04. The average Bonchev–Trinajstić information content (AvgIpc) is 1.83. The maximum Gasteiger partial charge on any atom is 0.505 e. The van der Waals surface area contributed by atoms with E-state index in [0.717, 1.165) is 0 Å². The van der Waals surface area contributed by atoms with Crippen molar-refractivity contribution in [3.05, 3.63) is 0 Å². The number of alkyl halides is 1. The van der Waals surface area contributed by atoms with Gasteiger partial charge in [-0.3, -0.25) is 0 Å². The van der Waals surface area contributed by atoms with Gasteiger partial charge in [-0.2, -0.15) is 4.89 Å². The van der Waals surface area contributed by atoms with Crippen LogP contribution in [0.4, 0.5) is 4.39 Å². The Balaban J connectivity index is 3.16. The van der Waals surface area contributed by atoms with Crippen LogP contribution in [0.2, 0.25) is 0 Å². The van der Waals surface area contributed by atoms with Crippen molar-refractivity contribution in [3.8, 4) is 0 Å². The van der Waals surface area contributed by atoms with Crippen molar-refractivity contribution in [2.75, 3.05) is 12.7 Å². The van der Waals surface area contributed by atoms with E-state index in [0.29, 0.717) is 0 Å². The van der Waals surface area contributed by atoms with Gasteiger partial charge in [-0.05, 0) is 4.57 Å². The summed E-state index contributed by atoms with van der Waals surface area (Å²) in [6.45, 7) is -0.0663. The summed E-state index contributed by atoms with van der Waals surface area (Å²) in [7, 11) is -2.18. The molecule has 0 fully saturated rings. The van der Waals surface area contributed by atoms with Crippen LogP contribution < -0.4 is 5.73 Å². The summed E-state index contributed by atoms with van der Waals surface area (Å²) in [5, 5.41) is 0. The zero-order valence-corrected chi connectivity index (χ0v) is 5.85. The highest BCUT2D eigenvalue weighted by molar-refractivity contribution is 7.37. The smallest absolute Gasteiger partial charge is 0.328 e. The molecular weight excluding hydrogens is 144 g/mol. The van der Waals surface area contributed by atoms with Gasteiger partial charge >= 0.3 is 8.03 Å². The Hall–Kier alpha value is -0.0500. The monoisotopic (exact) mass is 154 g/mol. The van der Waals surface area contributed by atoms with Crippen LogP contribution in [0.3, 0.4) is 0 Å². The second-order valence-electron chi connectivity index (χ2n) is 1.70. The summed E-state index contributed by atoms with van der Waals surface area (Å²) in [5.41, 5.74) is 4.91. The molecule has 0 spiro atoms. The first kappa shape index (κ1) is 8.95. The molecule has 3 N–H and O–H groups in total. The van der Waals surface area contributed by atoms with E-state index in [9.17, 15) is 8.96 Å². The normalized spacial score (nSPS) is 15.2. The Morgan fingerprint density at radius 2 is 2.33 bits per heavy atom. The molecule has 0 aromatic carbocycles. The molecule has 0 aliphatic rings. The topological polar surface area (TPSA) is 63.3 Å². The minimum Gasteiger partial charge on any atom is -0.328 e. The van der Waals surface area contributed by atoms with Crippen molar-refractivity contribution < 1.29 is 13.8 Å². The van der Waals surface area contributed by atoms with Crippen molar-refractivity contribution in [1.29, 1.82) is 0 Å². The van der Waals surface area contributed by atoms with Gasteiger partial charge in [0.1, 0.15) is 6.17 Å². The highest BCUT2D eigenvalue weighted by atomic mass is 31.1. The molecule has 0 aromatic heterocycles. The molecule has 0 bridgehead atoms. The maximum absolute atomic E-state index is 12.1. The molecular formula is C4H10FNO2P+. The number of hydrogen-bond acceptors (Lipinski definition) is 2.